The zero-order chi connectivity index (χ0) is 14.5. The molecule has 0 bridgehead atoms. The van der Waals surface area contributed by atoms with E-state index in [1.54, 1.807) is 13.0 Å². The molecule has 0 aliphatic rings. The molecule has 6 nitrogen and oxygen atoms in total. The topological polar surface area (TPSA) is 94.0 Å². The summed E-state index contributed by atoms with van der Waals surface area (Å²) in [4.78, 5) is 11.9. The fourth-order valence-electron chi connectivity index (χ4n) is 1.77. The van der Waals surface area contributed by atoms with Crippen molar-refractivity contribution in [1.29, 1.82) is 0 Å². The summed E-state index contributed by atoms with van der Waals surface area (Å²) in [7, 11) is 0. The van der Waals surface area contributed by atoms with Gasteiger partial charge in [0, 0.05) is 19.4 Å². The van der Waals surface area contributed by atoms with E-state index >= 15 is 0 Å². The Balaban J connectivity index is 2.18. The molecule has 1 unspecified atom stereocenters. The lowest BCUT2D eigenvalue weighted by atomic mass is 10.1. The molecule has 0 fully saturated rings. The van der Waals surface area contributed by atoms with E-state index < -0.39 is 0 Å². The van der Waals surface area contributed by atoms with Crippen molar-refractivity contribution in [1.82, 2.24) is 10.2 Å². The Morgan fingerprint density at radius 3 is 2.80 bits per heavy atom. The molecule has 1 aromatic carbocycles. The van der Waals surface area contributed by atoms with Crippen LogP contribution >= 0.6 is 0 Å². The van der Waals surface area contributed by atoms with Gasteiger partial charge in [0.05, 0.1) is 11.3 Å². The number of benzene rings is 1. The number of aryl methyl sites for hydroxylation is 1. The monoisotopic (exact) mass is 274 g/mol. The summed E-state index contributed by atoms with van der Waals surface area (Å²) in [6.45, 7) is 3.67. The normalized spacial score (nSPS) is 12.2. The van der Waals surface area contributed by atoms with Gasteiger partial charge in [-0.15, -0.1) is 10.2 Å². The van der Waals surface area contributed by atoms with Crippen LogP contribution in [0.5, 0.6) is 0 Å². The first-order chi connectivity index (χ1) is 9.60. The van der Waals surface area contributed by atoms with Gasteiger partial charge in [0.2, 0.25) is 17.7 Å². The molecule has 1 aromatic heterocycles. The first-order valence-electron chi connectivity index (χ1n) is 6.55. The van der Waals surface area contributed by atoms with Gasteiger partial charge in [0.1, 0.15) is 0 Å². The van der Waals surface area contributed by atoms with Crippen LogP contribution in [0.1, 0.15) is 25.7 Å². The van der Waals surface area contributed by atoms with Crippen LogP contribution in [0.25, 0.3) is 11.5 Å². The zero-order valence-electron chi connectivity index (χ0n) is 11.6. The molecule has 0 radical (unpaired) electrons. The Bertz CT molecular complexity index is 594. The van der Waals surface area contributed by atoms with E-state index in [4.69, 9.17) is 10.2 Å². The Labute approximate surface area is 117 Å². The second-order valence-electron chi connectivity index (χ2n) is 4.59. The highest BCUT2D eigenvalue weighted by molar-refractivity contribution is 5.94. The molecular weight excluding hydrogens is 256 g/mol. The number of hydrogen-bond donors (Lipinski definition) is 2. The maximum atomic E-state index is 11.9. The van der Waals surface area contributed by atoms with E-state index in [1.165, 1.54) is 0 Å². The van der Waals surface area contributed by atoms with Crippen LogP contribution in [0, 0.1) is 6.92 Å². The van der Waals surface area contributed by atoms with Crippen molar-refractivity contribution in [3.8, 4) is 11.5 Å². The first-order valence-corrected chi connectivity index (χ1v) is 6.55. The number of hydrogen-bond acceptors (Lipinski definition) is 5. The van der Waals surface area contributed by atoms with E-state index in [-0.39, 0.29) is 18.4 Å². The maximum Gasteiger partial charge on any atom is 0.249 e. The van der Waals surface area contributed by atoms with Gasteiger partial charge in [0.15, 0.2) is 0 Å². The van der Waals surface area contributed by atoms with Gasteiger partial charge in [-0.1, -0.05) is 19.1 Å². The number of carbonyl (C=O) groups is 1. The molecule has 0 saturated heterocycles. The molecule has 0 saturated carbocycles. The first kappa shape index (κ1) is 14.2. The van der Waals surface area contributed by atoms with E-state index in [9.17, 15) is 4.79 Å². The van der Waals surface area contributed by atoms with Crippen molar-refractivity contribution in [3.05, 3.63) is 30.2 Å². The third kappa shape index (κ3) is 3.42. The van der Waals surface area contributed by atoms with Crippen molar-refractivity contribution in [2.45, 2.75) is 32.7 Å². The lowest BCUT2D eigenvalue weighted by Gasteiger charge is -2.11. The zero-order valence-corrected chi connectivity index (χ0v) is 11.6. The average Bonchev–Trinajstić information content (AvgIpc) is 2.85. The molecule has 2 aromatic rings. The minimum absolute atomic E-state index is 0.122. The van der Waals surface area contributed by atoms with Crippen molar-refractivity contribution < 1.29 is 9.21 Å². The molecule has 0 spiro atoms. The molecule has 0 aliphatic carbocycles. The van der Waals surface area contributed by atoms with E-state index in [0.29, 0.717) is 23.0 Å². The lowest BCUT2D eigenvalue weighted by Crippen LogP contribution is -2.26. The van der Waals surface area contributed by atoms with Crippen molar-refractivity contribution >= 4 is 11.6 Å². The van der Waals surface area contributed by atoms with Gasteiger partial charge in [-0.05, 0) is 18.6 Å². The summed E-state index contributed by atoms with van der Waals surface area (Å²) in [6.07, 6.45) is 1.05. The summed E-state index contributed by atoms with van der Waals surface area (Å²) in [5, 5.41) is 10.6. The summed E-state index contributed by atoms with van der Waals surface area (Å²) < 4.78 is 5.40. The standard InChI is InChI=1S/C14H18N4O2/c1-3-10(15)8-13(19)16-12-7-5-4-6-11(12)14-18-17-9(2)20-14/h4-7,10H,3,8,15H2,1-2H3,(H,16,19). The number of nitrogens with one attached hydrogen (secondary N) is 1. The minimum atomic E-state index is -0.132. The number of anilines is 1. The second kappa shape index (κ2) is 6.29. The van der Waals surface area contributed by atoms with Crippen LogP contribution in [0.3, 0.4) is 0 Å². The van der Waals surface area contributed by atoms with Gasteiger partial charge in [-0.25, -0.2) is 0 Å². The SMILES string of the molecule is CCC(N)CC(=O)Nc1ccccc1-c1nnc(C)o1. The van der Waals surface area contributed by atoms with Crippen LogP contribution in [0.4, 0.5) is 5.69 Å². The van der Waals surface area contributed by atoms with Crippen LogP contribution in [0.2, 0.25) is 0 Å². The van der Waals surface area contributed by atoms with Crippen LogP contribution in [0.15, 0.2) is 28.7 Å². The fourth-order valence-corrected chi connectivity index (χ4v) is 1.77. The Kier molecular flexibility index (Phi) is 4.47. The number of rotatable bonds is 5. The molecule has 106 valence electrons. The molecule has 1 heterocycles. The van der Waals surface area contributed by atoms with Crippen LogP contribution in [-0.2, 0) is 4.79 Å². The Morgan fingerprint density at radius 1 is 1.40 bits per heavy atom. The van der Waals surface area contributed by atoms with E-state index in [1.807, 2.05) is 25.1 Å². The number of para-hydroxylation sites is 1. The highest BCUT2D eigenvalue weighted by Crippen LogP contribution is 2.26. The molecule has 1 amide bonds. The van der Waals surface area contributed by atoms with E-state index in [2.05, 4.69) is 15.5 Å². The van der Waals surface area contributed by atoms with E-state index in [0.717, 1.165) is 6.42 Å². The summed E-state index contributed by atoms with van der Waals surface area (Å²) in [5.74, 6) is 0.746. The molecule has 3 N–H and O–H groups in total. The number of nitrogens with zero attached hydrogens (tertiary/aromatic N) is 2. The molecular formula is C14H18N4O2. The predicted octanol–water partition coefficient (Wildman–Crippen LogP) is 2.11. The van der Waals surface area contributed by atoms with Gasteiger partial charge in [0.25, 0.3) is 0 Å². The number of nitrogens with two attached hydrogens (primary N) is 1. The average molecular weight is 274 g/mol. The number of carbonyl (C=O) groups excluding carboxylic acids is 1. The summed E-state index contributed by atoms with van der Waals surface area (Å²) in [5.41, 5.74) is 7.12. The van der Waals surface area contributed by atoms with Gasteiger partial charge < -0.3 is 15.5 Å². The number of amides is 1. The van der Waals surface area contributed by atoms with Crippen LogP contribution < -0.4 is 11.1 Å². The quantitative estimate of drug-likeness (QED) is 0.870. The highest BCUT2D eigenvalue weighted by Gasteiger charge is 2.14. The summed E-state index contributed by atoms with van der Waals surface area (Å²) >= 11 is 0. The smallest absolute Gasteiger partial charge is 0.249 e. The maximum absolute atomic E-state index is 11.9. The van der Waals surface area contributed by atoms with Crippen LogP contribution in [-0.4, -0.2) is 22.1 Å². The molecule has 2 rings (SSSR count). The molecule has 20 heavy (non-hydrogen) atoms. The summed E-state index contributed by atoms with van der Waals surface area (Å²) in [6, 6.07) is 7.17. The Hall–Kier alpha value is -2.21. The van der Waals surface area contributed by atoms with Gasteiger partial charge >= 0.3 is 0 Å². The number of aromatic nitrogens is 2. The molecule has 0 aliphatic heterocycles. The highest BCUT2D eigenvalue weighted by atomic mass is 16.4. The van der Waals surface area contributed by atoms with Crippen molar-refractivity contribution in [3.63, 3.8) is 0 Å². The van der Waals surface area contributed by atoms with Gasteiger partial charge in [-0.2, -0.15) is 0 Å². The predicted molar refractivity (Wildman–Crippen MR) is 76.0 cm³/mol. The fraction of sp³-hybridized carbons (Fsp3) is 0.357. The largest absolute Gasteiger partial charge is 0.421 e. The second-order valence-corrected chi connectivity index (χ2v) is 4.59. The lowest BCUT2D eigenvalue weighted by molar-refractivity contribution is -0.116. The van der Waals surface area contributed by atoms with Crippen molar-refractivity contribution in [2.24, 2.45) is 5.73 Å². The Morgan fingerprint density at radius 2 is 2.15 bits per heavy atom. The van der Waals surface area contributed by atoms with Crippen molar-refractivity contribution in [2.75, 3.05) is 5.32 Å². The minimum Gasteiger partial charge on any atom is -0.421 e. The van der Waals surface area contributed by atoms with Gasteiger partial charge in [-0.3, -0.25) is 4.79 Å². The third-order valence-electron chi connectivity index (χ3n) is 2.93. The molecule has 1 atom stereocenters. The third-order valence-corrected chi connectivity index (χ3v) is 2.93. The molecule has 6 heteroatoms.